The van der Waals surface area contributed by atoms with Crippen molar-refractivity contribution in [3.05, 3.63) is 30.1 Å². The summed E-state index contributed by atoms with van der Waals surface area (Å²) in [6.45, 7) is 5.95. The summed E-state index contributed by atoms with van der Waals surface area (Å²) in [5.41, 5.74) is 1.71. The summed E-state index contributed by atoms with van der Waals surface area (Å²) in [6.07, 6.45) is 0. The molecule has 2 rings (SSSR count). The first kappa shape index (κ1) is 15.5. The van der Waals surface area contributed by atoms with E-state index in [4.69, 9.17) is 4.98 Å². The summed E-state index contributed by atoms with van der Waals surface area (Å²) in [5.74, 6) is 0.295. The van der Waals surface area contributed by atoms with Crippen LogP contribution in [0.5, 0.6) is 0 Å². The molecule has 0 fully saturated rings. The zero-order chi connectivity index (χ0) is 15.7. The monoisotopic (exact) mass is 289 g/mol. The predicted octanol–water partition coefficient (Wildman–Crippen LogP) is 2.94. The zero-order valence-corrected chi connectivity index (χ0v) is 13.2. The Kier molecular flexibility index (Phi) is 4.32. The van der Waals surface area contributed by atoms with E-state index in [2.05, 4.69) is 18.7 Å². The maximum absolute atomic E-state index is 11.5. The van der Waals surface area contributed by atoms with Crippen molar-refractivity contribution in [1.82, 2.24) is 14.5 Å². The van der Waals surface area contributed by atoms with Crippen LogP contribution in [-0.4, -0.2) is 39.6 Å². The molecule has 2 atom stereocenters. The molecule has 0 saturated heterocycles. The van der Waals surface area contributed by atoms with Crippen LogP contribution in [0.25, 0.3) is 11.0 Å². The Morgan fingerprint density at radius 3 is 2.38 bits per heavy atom. The van der Waals surface area contributed by atoms with E-state index in [1.165, 1.54) is 0 Å². The molecule has 5 heteroatoms. The first-order chi connectivity index (χ1) is 9.84. The summed E-state index contributed by atoms with van der Waals surface area (Å²) in [7, 11) is 4.00. The Hall–Kier alpha value is -1.88. The Labute approximate surface area is 125 Å². The first-order valence-electron chi connectivity index (χ1n) is 7.20. The second kappa shape index (κ2) is 5.85. The molecule has 0 radical (unpaired) electrons. The van der Waals surface area contributed by atoms with E-state index in [0.29, 0.717) is 5.92 Å². The van der Waals surface area contributed by atoms with E-state index in [9.17, 15) is 9.90 Å². The molecule has 0 spiro atoms. The molecule has 21 heavy (non-hydrogen) atoms. The van der Waals surface area contributed by atoms with E-state index in [1.807, 2.05) is 42.9 Å². The van der Waals surface area contributed by atoms with Gasteiger partial charge in [-0.3, -0.25) is 4.90 Å². The van der Waals surface area contributed by atoms with Gasteiger partial charge in [0.25, 0.3) is 0 Å². The third kappa shape index (κ3) is 2.78. The molecule has 0 aliphatic heterocycles. The van der Waals surface area contributed by atoms with Gasteiger partial charge in [0, 0.05) is 0 Å². The lowest BCUT2D eigenvalue weighted by Gasteiger charge is -2.29. The number of carboxylic acid groups (broad SMARTS) is 1. The van der Waals surface area contributed by atoms with Gasteiger partial charge in [-0.1, -0.05) is 26.0 Å². The van der Waals surface area contributed by atoms with Crippen molar-refractivity contribution in [1.29, 1.82) is 0 Å². The standard InChI is InChI=1S/C16H23N3O2/c1-10(2)14(18(4)5)15-17-12-8-6-7-9-13(12)19(15)11(3)16(20)21/h6-11,14H,1-5H3,(H,20,21). The number of nitrogens with zero attached hydrogens (tertiary/aromatic N) is 3. The van der Waals surface area contributed by atoms with E-state index in [0.717, 1.165) is 16.9 Å². The second-order valence-corrected chi connectivity index (χ2v) is 6.00. The fourth-order valence-corrected chi connectivity index (χ4v) is 2.91. The molecule has 1 aromatic carbocycles. The molecule has 0 bridgehead atoms. The highest BCUT2D eigenvalue weighted by Crippen LogP contribution is 2.31. The van der Waals surface area contributed by atoms with Crippen LogP contribution >= 0.6 is 0 Å². The molecular formula is C16H23N3O2. The van der Waals surface area contributed by atoms with E-state index >= 15 is 0 Å². The number of hydrogen-bond acceptors (Lipinski definition) is 3. The van der Waals surface area contributed by atoms with Crippen LogP contribution in [-0.2, 0) is 4.79 Å². The number of aliphatic carboxylic acids is 1. The van der Waals surface area contributed by atoms with Gasteiger partial charge in [0.05, 0.1) is 17.1 Å². The number of fused-ring (bicyclic) bond motifs is 1. The van der Waals surface area contributed by atoms with Crippen molar-refractivity contribution >= 4 is 17.0 Å². The van der Waals surface area contributed by atoms with Crippen molar-refractivity contribution in [3.8, 4) is 0 Å². The molecule has 1 N–H and O–H groups in total. The third-order valence-electron chi connectivity index (χ3n) is 3.82. The van der Waals surface area contributed by atoms with Crippen LogP contribution in [0.15, 0.2) is 24.3 Å². The Balaban J connectivity index is 2.72. The molecular weight excluding hydrogens is 266 g/mol. The van der Waals surface area contributed by atoms with Crippen LogP contribution in [0, 0.1) is 5.92 Å². The van der Waals surface area contributed by atoms with Crippen LogP contribution in [0.2, 0.25) is 0 Å². The maximum atomic E-state index is 11.5. The van der Waals surface area contributed by atoms with E-state index < -0.39 is 12.0 Å². The lowest BCUT2D eigenvalue weighted by molar-refractivity contribution is -0.140. The van der Waals surface area contributed by atoms with Gasteiger partial charge in [0.1, 0.15) is 11.9 Å². The second-order valence-electron chi connectivity index (χ2n) is 6.00. The molecule has 0 saturated carbocycles. The van der Waals surface area contributed by atoms with Gasteiger partial charge in [0.15, 0.2) is 0 Å². The Morgan fingerprint density at radius 2 is 1.86 bits per heavy atom. The normalized spacial score (nSPS) is 14.8. The third-order valence-corrected chi connectivity index (χ3v) is 3.82. The quantitative estimate of drug-likeness (QED) is 0.919. The van der Waals surface area contributed by atoms with Gasteiger partial charge in [0.2, 0.25) is 0 Å². The fourth-order valence-electron chi connectivity index (χ4n) is 2.91. The average molecular weight is 289 g/mol. The van der Waals surface area contributed by atoms with Crippen molar-refractivity contribution < 1.29 is 9.90 Å². The minimum absolute atomic E-state index is 0.0687. The number of benzene rings is 1. The van der Waals surface area contributed by atoms with E-state index in [-0.39, 0.29) is 6.04 Å². The Bertz CT molecular complexity index is 638. The molecule has 1 aromatic heterocycles. The van der Waals surface area contributed by atoms with Gasteiger partial charge in [-0.05, 0) is 39.1 Å². The minimum atomic E-state index is -0.847. The van der Waals surface area contributed by atoms with Crippen molar-refractivity contribution in [2.24, 2.45) is 5.92 Å². The fraction of sp³-hybridized carbons (Fsp3) is 0.500. The minimum Gasteiger partial charge on any atom is -0.480 e. The number of rotatable bonds is 5. The lowest BCUT2D eigenvalue weighted by atomic mass is 10.0. The summed E-state index contributed by atoms with van der Waals surface area (Å²) >= 11 is 0. The highest BCUT2D eigenvalue weighted by atomic mass is 16.4. The van der Waals surface area contributed by atoms with Crippen LogP contribution in [0.4, 0.5) is 0 Å². The lowest BCUT2D eigenvalue weighted by Crippen LogP contribution is -2.29. The molecule has 114 valence electrons. The van der Waals surface area contributed by atoms with E-state index in [1.54, 1.807) is 6.92 Å². The van der Waals surface area contributed by atoms with Gasteiger partial charge in [-0.2, -0.15) is 0 Å². The number of imidazole rings is 1. The molecule has 0 aliphatic carbocycles. The number of carbonyl (C=O) groups is 1. The first-order valence-corrected chi connectivity index (χ1v) is 7.20. The van der Waals surface area contributed by atoms with Gasteiger partial charge in [-0.15, -0.1) is 0 Å². The number of hydrogen-bond donors (Lipinski definition) is 1. The Morgan fingerprint density at radius 1 is 1.24 bits per heavy atom. The summed E-state index contributed by atoms with van der Waals surface area (Å²) < 4.78 is 1.85. The van der Waals surface area contributed by atoms with Gasteiger partial charge in [-0.25, -0.2) is 9.78 Å². The molecule has 0 amide bonds. The van der Waals surface area contributed by atoms with Crippen LogP contribution in [0.3, 0.4) is 0 Å². The largest absolute Gasteiger partial charge is 0.480 e. The smallest absolute Gasteiger partial charge is 0.326 e. The average Bonchev–Trinajstić information content (AvgIpc) is 2.75. The van der Waals surface area contributed by atoms with Crippen molar-refractivity contribution in [2.45, 2.75) is 32.9 Å². The predicted molar refractivity (Wildman–Crippen MR) is 83.3 cm³/mol. The summed E-state index contributed by atoms with van der Waals surface area (Å²) in [4.78, 5) is 18.3. The highest BCUT2D eigenvalue weighted by molar-refractivity contribution is 5.80. The number of aromatic nitrogens is 2. The molecule has 2 unspecified atom stereocenters. The molecule has 0 aliphatic rings. The van der Waals surface area contributed by atoms with Gasteiger partial charge >= 0.3 is 5.97 Å². The summed E-state index contributed by atoms with van der Waals surface area (Å²) in [6, 6.07) is 7.12. The maximum Gasteiger partial charge on any atom is 0.326 e. The van der Waals surface area contributed by atoms with Gasteiger partial charge < -0.3 is 9.67 Å². The molecule has 2 aromatic rings. The molecule has 5 nitrogen and oxygen atoms in total. The summed E-state index contributed by atoms with van der Waals surface area (Å²) in [5, 5.41) is 9.43. The number of carboxylic acids is 1. The zero-order valence-electron chi connectivity index (χ0n) is 13.2. The topological polar surface area (TPSA) is 58.4 Å². The van der Waals surface area contributed by atoms with Crippen LogP contribution in [0.1, 0.15) is 38.7 Å². The van der Waals surface area contributed by atoms with Crippen molar-refractivity contribution in [3.63, 3.8) is 0 Å². The SMILES string of the molecule is CC(C)C(c1nc2ccccc2n1C(C)C(=O)O)N(C)C. The molecule has 1 heterocycles. The highest BCUT2D eigenvalue weighted by Gasteiger charge is 2.28. The van der Waals surface area contributed by atoms with Crippen LogP contribution < -0.4 is 0 Å². The van der Waals surface area contributed by atoms with Crippen molar-refractivity contribution in [2.75, 3.05) is 14.1 Å². The number of para-hydroxylation sites is 2.